The zero-order chi connectivity index (χ0) is 11.6. The fourth-order valence-electron chi connectivity index (χ4n) is 2.32. The Bertz CT molecular complexity index is 360. The number of rotatable bonds is 1. The zero-order valence-electron chi connectivity index (χ0n) is 9.31. The van der Waals surface area contributed by atoms with Gasteiger partial charge in [0.2, 0.25) is 0 Å². The van der Waals surface area contributed by atoms with Crippen molar-refractivity contribution in [2.24, 2.45) is 0 Å². The molecule has 92 valence electrons. The Morgan fingerprint density at radius 2 is 1.88 bits per heavy atom. The standard InChI is InChI=1S/C10H18N2O3S/c13-10(12-5-1-2-6-12)11-9-4-3-7-16(14,15)8-9/h9H,1-8H2,(H,11,13). The van der Waals surface area contributed by atoms with Gasteiger partial charge in [0.1, 0.15) is 0 Å². The first kappa shape index (κ1) is 11.7. The predicted octanol–water partition coefficient (Wildman–Crippen LogP) is 0.369. The molecular weight excluding hydrogens is 228 g/mol. The van der Waals surface area contributed by atoms with E-state index in [1.807, 2.05) is 0 Å². The summed E-state index contributed by atoms with van der Waals surface area (Å²) < 4.78 is 22.8. The Balaban J connectivity index is 1.86. The molecule has 2 amide bonds. The Labute approximate surface area is 96.1 Å². The number of hydrogen-bond donors (Lipinski definition) is 1. The lowest BCUT2D eigenvalue weighted by Crippen LogP contribution is -2.48. The summed E-state index contributed by atoms with van der Waals surface area (Å²) in [5, 5.41) is 2.82. The molecule has 2 aliphatic heterocycles. The molecule has 0 bridgehead atoms. The van der Waals surface area contributed by atoms with Crippen LogP contribution in [-0.2, 0) is 9.84 Å². The van der Waals surface area contributed by atoms with Crippen LogP contribution in [0, 0.1) is 0 Å². The van der Waals surface area contributed by atoms with E-state index in [0.717, 1.165) is 32.4 Å². The first-order chi connectivity index (χ1) is 7.57. The van der Waals surface area contributed by atoms with Crippen molar-refractivity contribution in [3.05, 3.63) is 0 Å². The number of nitrogens with one attached hydrogen (secondary N) is 1. The minimum absolute atomic E-state index is 0.0976. The first-order valence-corrected chi connectivity index (χ1v) is 7.65. The van der Waals surface area contributed by atoms with E-state index in [4.69, 9.17) is 0 Å². The Hall–Kier alpha value is -0.780. The van der Waals surface area contributed by atoms with Gasteiger partial charge >= 0.3 is 6.03 Å². The van der Waals surface area contributed by atoms with E-state index in [9.17, 15) is 13.2 Å². The third-order valence-electron chi connectivity index (χ3n) is 3.18. The average molecular weight is 246 g/mol. The molecule has 0 aromatic heterocycles. The van der Waals surface area contributed by atoms with Gasteiger partial charge in [-0.15, -0.1) is 0 Å². The van der Waals surface area contributed by atoms with E-state index in [2.05, 4.69) is 5.32 Å². The van der Waals surface area contributed by atoms with Crippen LogP contribution in [0.3, 0.4) is 0 Å². The lowest BCUT2D eigenvalue weighted by molar-refractivity contribution is 0.204. The van der Waals surface area contributed by atoms with Crippen LogP contribution < -0.4 is 5.32 Å². The van der Waals surface area contributed by atoms with E-state index >= 15 is 0 Å². The molecule has 5 nitrogen and oxygen atoms in total. The molecule has 0 aromatic rings. The van der Waals surface area contributed by atoms with Gasteiger partial charge in [-0.2, -0.15) is 0 Å². The van der Waals surface area contributed by atoms with Crippen molar-refractivity contribution >= 4 is 15.9 Å². The van der Waals surface area contributed by atoms with Crippen LogP contribution in [-0.4, -0.2) is 50.0 Å². The summed E-state index contributed by atoms with van der Waals surface area (Å²) in [6.45, 7) is 1.59. The second-order valence-electron chi connectivity index (χ2n) is 4.60. The summed E-state index contributed by atoms with van der Waals surface area (Å²) >= 11 is 0. The normalized spacial score (nSPS) is 29.0. The summed E-state index contributed by atoms with van der Waals surface area (Å²) in [6.07, 6.45) is 3.54. The van der Waals surface area contributed by atoms with E-state index in [1.165, 1.54) is 0 Å². The highest BCUT2D eigenvalue weighted by Gasteiger charge is 2.27. The SMILES string of the molecule is O=C(NC1CCCS(=O)(=O)C1)N1CCCC1. The number of amides is 2. The van der Waals surface area contributed by atoms with Crippen molar-refractivity contribution in [3.8, 4) is 0 Å². The molecule has 6 heteroatoms. The van der Waals surface area contributed by atoms with Crippen LogP contribution in [0.5, 0.6) is 0 Å². The highest BCUT2D eigenvalue weighted by molar-refractivity contribution is 7.91. The van der Waals surface area contributed by atoms with Gasteiger partial charge in [-0.3, -0.25) is 0 Å². The number of carbonyl (C=O) groups excluding carboxylic acids is 1. The largest absolute Gasteiger partial charge is 0.334 e. The maximum Gasteiger partial charge on any atom is 0.317 e. The quantitative estimate of drug-likeness (QED) is 0.727. The third kappa shape index (κ3) is 2.87. The van der Waals surface area contributed by atoms with E-state index in [0.29, 0.717) is 6.42 Å². The van der Waals surface area contributed by atoms with Gasteiger partial charge in [0.15, 0.2) is 9.84 Å². The van der Waals surface area contributed by atoms with Crippen LogP contribution in [0.1, 0.15) is 25.7 Å². The topological polar surface area (TPSA) is 66.5 Å². The van der Waals surface area contributed by atoms with Crippen LogP contribution in [0.25, 0.3) is 0 Å². The maximum absolute atomic E-state index is 11.7. The third-order valence-corrected chi connectivity index (χ3v) is 5.00. The van der Waals surface area contributed by atoms with Crippen LogP contribution in [0.4, 0.5) is 4.79 Å². The molecule has 2 heterocycles. The predicted molar refractivity (Wildman–Crippen MR) is 61.0 cm³/mol. The Kier molecular flexibility index (Phi) is 3.37. The fraction of sp³-hybridized carbons (Fsp3) is 0.900. The highest BCUT2D eigenvalue weighted by Crippen LogP contribution is 2.13. The first-order valence-electron chi connectivity index (χ1n) is 5.83. The molecule has 0 saturated carbocycles. The summed E-state index contributed by atoms with van der Waals surface area (Å²) in [4.78, 5) is 13.5. The van der Waals surface area contributed by atoms with Crippen LogP contribution in [0.2, 0.25) is 0 Å². The van der Waals surface area contributed by atoms with Crippen molar-refractivity contribution < 1.29 is 13.2 Å². The van der Waals surface area contributed by atoms with Crippen molar-refractivity contribution in [1.29, 1.82) is 0 Å². The lowest BCUT2D eigenvalue weighted by atomic mass is 10.2. The number of sulfone groups is 1. The smallest absolute Gasteiger partial charge is 0.317 e. The molecule has 1 atom stereocenters. The van der Waals surface area contributed by atoms with Crippen molar-refractivity contribution in [3.63, 3.8) is 0 Å². The zero-order valence-corrected chi connectivity index (χ0v) is 10.1. The van der Waals surface area contributed by atoms with Crippen molar-refractivity contribution in [1.82, 2.24) is 10.2 Å². The molecule has 0 radical (unpaired) electrons. The second kappa shape index (κ2) is 4.61. The number of urea groups is 1. The van der Waals surface area contributed by atoms with Gasteiger partial charge in [0.05, 0.1) is 11.5 Å². The van der Waals surface area contributed by atoms with Gasteiger partial charge in [0, 0.05) is 19.1 Å². The molecular formula is C10H18N2O3S. The van der Waals surface area contributed by atoms with E-state index in [-0.39, 0.29) is 23.6 Å². The van der Waals surface area contributed by atoms with E-state index in [1.54, 1.807) is 4.90 Å². The highest BCUT2D eigenvalue weighted by atomic mass is 32.2. The number of likely N-dealkylation sites (tertiary alicyclic amines) is 1. The molecule has 2 saturated heterocycles. The number of nitrogens with zero attached hydrogens (tertiary/aromatic N) is 1. The number of hydrogen-bond acceptors (Lipinski definition) is 3. The van der Waals surface area contributed by atoms with Crippen LogP contribution >= 0.6 is 0 Å². The fourth-order valence-corrected chi connectivity index (χ4v) is 3.96. The van der Waals surface area contributed by atoms with Crippen LogP contribution in [0.15, 0.2) is 0 Å². The van der Waals surface area contributed by atoms with E-state index < -0.39 is 9.84 Å². The summed E-state index contributed by atoms with van der Waals surface area (Å²) in [5.74, 6) is 0.371. The average Bonchev–Trinajstić information content (AvgIpc) is 2.68. The van der Waals surface area contributed by atoms with Gasteiger partial charge in [0.25, 0.3) is 0 Å². The summed E-state index contributed by atoms with van der Waals surface area (Å²) in [7, 11) is -2.93. The van der Waals surface area contributed by atoms with Gasteiger partial charge in [-0.1, -0.05) is 0 Å². The summed E-state index contributed by atoms with van der Waals surface area (Å²) in [5.41, 5.74) is 0. The van der Waals surface area contributed by atoms with Crippen molar-refractivity contribution in [2.75, 3.05) is 24.6 Å². The monoisotopic (exact) mass is 246 g/mol. The molecule has 16 heavy (non-hydrogen) atoms. The minimum atomic E-state index is -2.93. The van der Waals surface area contributed by atoms with Gasteiger partial charge < -0.3 is 10.2 Å². The van der Waals surface area contributed by atoms with Crippen molar-refractivity contribution in [2.45, 2.75) is 31.7 Å². The summed E-state index contributed by atoms with van der Waals surface area (Å²) in [6, 6.07) is -0.286. The molecule has 2 fully saturated rings. The molecule has 0 aliphatic carbocycles. The number of carbonyl (C=O) groups is 1. The molecule has 2 aliphatic rings. The second-order valence-corrected chi connectivity index (χ2v) is 6.83. The Morgan fingerprint density at radius 3 is 2.50 bits per heavy atom. The molecule has 0 spiro atoms. The molecule has 1 N–H and O–H groups in total. The minimum Gasteiger partial charge on any atom is -0.334 e. The molecule has 2 rings (SSSR count). The molecule has 0 aromatic carbocycles. The molecule has 1 unspecified atom stereocenters. The van der Waals surface area contributed by atoms with Gasteiger partial charge in [-0.25, -0.2) is 13.2 Å². The Morgan fingerprint density at radius 1 is 1.19 bits per heavy atom. The maximum atomic E-state index is 11.7. The van der Waals surface area contributed by atoms with Gasteiger partial charge in [-0.05, 0) is 25.7 Å². The lowest BCUT2D eigenvalue weighted by Gasteiger charge is -2.25.